The Morgan fingerprint density at radius 1 is 1.29 bits per heavy atom. The molecule has 2 aromatic rings. The fourth-order valence-electron chi connectivity index (χ4n) is 2.74. The van der Waals surface area contributed by atoms with E-state index >= 15 is 0 Å². The first-order valence-corrected chi connectivity index (χ1v) is 11.2. The van der Waals surface area contributed by atoms with Gasteiger partial charge in [0.25, 0.3) is 0 Å². The SMILES string of the molecule is CN=C(NCCCN(Cc1cccnc1)C(=O)OC(C)(C)C)NCc1nc(C)c(C)s1. The Morgan fingerprint density at radius 3 is 2.65 bits per heavy atom. The summed E-state index contributed by atoms with van der Waals surface area (Å²) in [5, 5.41) is 7.61. The monoisotopic (exact) mass is 446 g/mol. The van der Waals surface area contributed by atoms with Crippen molar-refractivity contribution in [2.24, 2.45) is 4.99 Å². The predicted molar refractivity (Wildman–Crippen MR) is 125 cm³/mol. The summed E-state index contributed by atoms with van der Waals surface area (Å²) in [7, 11) is 1.74. The van der Waals surface area contributed by atoms with E-state index < -0.39 is 5.60 Å². The number of aliphatic imine (C=N–C) groups is 1. The van der Waals surface area contributed by atoms with Crippen LogP contribution in [-0.4, -0.2) is 52.7 Å². The number of aromatic nitrogens is 2. The average Bonchev–Trinajstić information content (AvgIpc) is 3.03. The number of amides is 1. The van der Waals surface area contributed by atoms with Gasteiger partial charge in [-0.1, -0.05) is 6.07 Å². The second kappa shape index (κ2) is 11.6. The number of thiazole rings is 1. The third-order valence-corrected chi connectivity index (χ3v) is 5.42. The van der Waals surface area contributed by atoms with E-state index in [2.05, 4.69) is 32.5 Å². The molecule has 170 valence electrons. The van der Waals surface area contributed by atoms with Gasteiger partial charge in [0.2, 0.25) is 0 Å². The lowest BCUT2D eigenvalue weighted by atomic mass is 10.2. The molecule has 0 aliphatic carbocycles. The van der Waals surface area contributed by atoms with E-state index in [4.69, 9.17) is 4.74 Å². The summed E-state index contributed by atoms with van der Waals surface area (Å²) < 4.78 is 5.57. The average molecular weight is 447 g/mol. The van der Waals surface area contributed by atoms with E-state index in [0.717, 1.165) is 22.7 Å². The van der Waals surface area contributed by atoms with E-state index in [0.29, 0.717) is 32.1 Å². The van der Waals surface area contributed by atoms with Crippen LogP contribution in [0.15, 0.2) is 29.5 Å². The summed E-state index contributed by atoms with van der Waals surface area (Å²) in [5.41, 5.74) is 1.49. The molecule has 0 unspecified atom stereocenters. The van der Waals surface area contributed by atoms with Crippen LogP contribution in [0.1, 0.15) is 48.3 Å². The van der Waals surface area contributed by atoms with Gasteiger partial charge in [-0.15, -0.1) is 11.3 Å². The fourth-order valence-corrected chi connectivity index (χ4v) is 3.62. The van der Waals surface area contributed by atoms with Crippen molar-refractivity contribution in [3.05, 3.63) is 45.7 Å². The minimum Gasteiger partial charge on any atom is -0.444 e. The van der Waals surface area contributed by atoms with Gasteiger partial charge in [0.1, 0.15) is 10.6 Å². The van der Waals surface area contributed by atoms with Gasteiger partial charge in [0.15, 0.2) is 5.96 Å². The number of guanidine groups is 1. The van der Waals surface area contributed by atoms with Crippen molar-refractivity contribution >= 4 is 23.4 Å². The van der Waals surface area contributed by atoms with E-state index in [-0.39, 0.29) is 6.09 Å². The number of nitrogens with zero attached hydrogens (tertiary/aromatic N) is 4. The second-order valence-corrected chi connectivity index (χ2v) is 9.51. The molecule has 31 heavy (non-hydrogen) atoms. The van der Waals surface area contributed by atoms with Crippen LogP contribution in [0.25, 0.3) is 0 Å². The van der Waals surface area contributed by atoms with Crippen molar-refractivity contribution in [1.82, 2.24) is 25.5 Å². The van der Waals surface area contributed by atoms with Crippen molar-refractivity contribution in [1.29, 1.82) is 0 Å². The van der Waals surface area contributed by atoms with E-state index in [1.54, 1.807) is 35.7 Å². The van der Waals surface area contributed by atoms with Crippen molar-refractivity contribution in [2.75, 3.05) is 20.1 Å². The van der Waals surface area contributed by atoms with Gasteiger partial charge in [0.05, 0.1) is 18.8 Å². The normalized spacial score (nSPS) is 11.9. The van der Waals surface area contributed by atoms with Gasteiger partial charge in [-0.2, -0.15) is 0 Å². The lowest BCUT2D eigenvalue weighted by Crippen LogP contribution is -2.40. The van der Waals surface area contributed by atoms with Crippen LogP contribution in [-0.2, 0) is 17.8 Å². The standard InChI is InChI=1S/C22H34N6O2S/c1-16-17(2)31-19(27-16)14-26-20(23-6)25-11-8-12-28(21(29)30-22(3,4)5)15-18-9-7-10-24-13-18/h7,9-10,13H,8,11-12,14-15H2,1-6H3,(H2,23,25,26). The predicted octanol–water partition coefficient (Wildman–Crippen LogP) is 3.65. The van der Waals surface area contributed by atoms with Crippen LogP contribution in [0.3, 0.4) is 0 Å². The molecule has 9 heteroatoms. The maximum Gasteiger partial charge on any atom is 0.410 e. The van der Waals surface area contributed by atoms with Gasteiger partial charge >= 0.3 is 6.09 Å². The molecule has 2 heterocycles. The molecule has 8 nitrogen and oxygen atoms in total. The highest BCUT2D eigenvalue weighted by Gasteiger charge is 2.22. The Balaban J connectivity index is 1.84. The molecule has 0 spiro atoms. The largest absolute Gasteiger partial charge is 0.444 e. The number of aryl methyl sites for hydroxylation is 2. The van der Waals surface area contributed by atoms with Gasteiger partial charge in [-0.25, -0.2) is 9.78 Å². The van der Waals surface area contributed by atoms with Crippen LogP contribution in [0, 0.1) is 13.8 Å². The molecule has 0 saturated heterocycles. The third kappa shape index (κ3) is 8.92. The van der Waals surface area contributed by atoms with E-state index in [9.17, 15) is 4.79 Å². The summed E-state index contributed by atoms with van der Waals surface area (Å²) in [6.45, 7) is 12.0. The number of hydrogen-bond donors (Lipinski definition) is 2. The Morgan fingerprint density at radius 2 is 2.06 bits per heavy atom. The van der Waals surface area contributed by atoms with Gasteiger partial charge < -0.3 is 20.3 Å². The molecular weight excluding hydrogens is 412 g/mol. The van der Waals surface area contributed by atoms with Crippen LogP contribution in [0.4, 0.5) is 4.79 Å². The second-order valence-electron chi connectivity index (χ2n) is 8.22. The smallest absolute Gasteiger partial charge is 0.410 e. The Kier molecular flexibility index (Phi) is 9.23. The van der Waals surface area contributed by atoms with Gasteiger partial charge in [-0.05, 0) is 52.7 Å². The molecule has 1 amide bonds. The van der Waals surface area contributed by atoms with Gasteiger partial charge in [0, 0.05) is 37.4 Å². The van der Waals surface area contributed by atoms with Crippen LogP contribution >= 0.6 is 11.3 Å². The minimum absolute atomic E-state index is 0.326. The van der Waals surface area contributed by atoms with E-state index in [1.807, 2.05) is 39.8 Å². The zero-order valence-corrected chi connectivity index (χ0v) is 20.2. The van der Waals surface area contributed by atoms with Crippen molar-refractivity contribution in [3.8, 4) is 0 Å². The first-order chi connectivity index (χ1) is 14.7. The molecule has 2 rings (SSSR count). The van der Waals surface area contributed by atoms with E-state index in [1.165, 1.54) is 4.88 Å². The first-order valence-electron chi connectivity index (χ1n) is 10.4. The molecule has 0 aliphatic heterocycles. The summed E-state index contributed by atoms with van der Waals surface area (Å²) in [4.78, 5) is 28.5. The zero-order valence-electron chi connectivity index (χ0n) is 19.4. The molecule has 0 saturated carbocycles. The highest BCUT2D eigenvalue weighted by atomic mass is 32.1. The Hall–Kier alpha value is -2.68. The van der Waals surface area contributed by atoms with Crippen molar-refractivity contribution in [3.63, 3.8) is 0 Å². The summed E-state index contributed by atoms with van der Waals surface area (Å²) in [5.74, 6) is 0.710. The number of ether oxygens (including phenoxy) is 1. The fraction of sp³-hybridized carbons (Fsp3) is 0.545. The molecule has 2 aromatic heterocycles. The molecule has 0 bridgehead atoms. The van der Waals surface area contributed by atoms with Crippen molar-refractivity contribution in [2.45, 2.75) is 59.7 Å². The van der Waals surface area contributed by atoms with Crippen molar-refractivity contribution < 1.29 is 9.53 Å². The molecule has 0 aromatic carbocycles. The molecule has 0 atom stereocenters. The maximum absolute atomic E-state index is 12.7. The number of carbonyl (C=O) groups excluding carboxylic acids is 1. The quantitative estimate of drug-likeness (QED) is 0.365. The number of nitrogens with one attached hydrogen (secondary N) is 2. The highest BCUT2D eigenvalue weighted by Crippen LogP contribution is 2.16. The Bertz CT molecular complexity index is 841. The minimum atomic E-state index is -0.541. The third-order valence-electron chi connectivity index (χ3n) is 4.35. The van der Waals surface area contributed by atoms with Crippen LogP contribution < -0.4 is 10.6 Å². The molecule has 0 aliphatic rings. The molecule has 0 fully saturated rings. The molecular formula is C22H34N6O2S. The number of rotatable bonds is 8. The van der Waals surface area contributed by atoms with Crippen LogP contribution in [0.2, 0.25) is 0 Å². The number of hydrogen-bond acceptors (Lipinski definition) is 6. The summed E-state index contributed by atoms with van der Waals surface area (Å²) >= 11 is 1.69. The summed E-state index contributed by atoms with van der Waals surface area (Å²) in [6, 6.07) is 3.82. The molecule has 0 radical (unpaired) electrons. The number of pyridine rings is 1. The lowest BCUT2D eigenvalue weighted by molar-refractivity contribution is 0.0232. The maximum atomic E-state index is 12.7. The Labute approximate surface area is 189 Å². The van der Waals surface area contributed by atoms with Crippen LogP contribution in [0.5, 0.6) is 0 Å². The summed E-state index contributed by atoms with van der Waals surface area (Å²) in [6.07, 6.45) is 3.91. The topological polar surface area (TPSA) is 91.7 Å². The highest BCUT2D eigenvalue weighted by molar-refractivity contribution is 7.11. The van der Waals surface area contributed by atoms with Gasteiger partial charge in [-0.3, -0.25) is 9.98 Å². The zero-order chi connectivity index (χ0) is 22.9. The molecule has 2 N–H and O–H groups in total. The first kappa shape index (κ1) is 24.6. The lowest BCUT2D eigenvalue weighted by Gasteiger charge is -2.27. The number of carbonyl (C=O) groups is 1.